The molecule has 0 aliphatic heterocycles. The van der Waals surface area contributed by atoms with Gasteiger partial charge in [-0.15, -0.1) is 0 Å². The van der Waals surface area contributed by atoms with Crippen molar-refractivity contribution >= 4 is 17.9 Å². The molecule has 0 aromatic heterocycles. The van der Waals surface area contributed by atoms with Crippen LogP contribution in [0, 0.1) is 17.8 Å². The number of hydrogen-bond donors (Lipinski definition) is 1. The molecule has 1 N–H and O–H groups in total. The van der Waals surface area contributed by atoms with E-state index in [1.807, 2.05) is 12.2 Å². The highest BCUT2D eigenvalue weighted by Crippen LogP contribution is 2.30. The van der Waals surface area contributed by atoms with Gasteiger partial charge in [-0.3, -0.25) is 14.4 Å². The summed E-state index contributed by atoms with van der Waals surface area (Å²) >= 11 is 0. The van der Waals surface area contributed by atoms with E-state index in [-0.39, 0.29) is 18.3 Å². The first-order valence-corrected chi connectivity index (χ1v) is 6.53. The average molecular weight is 284 g/mol. The fourth-order valence-electron chi connectivity index (χ4n) is 2.45. The third-order valence-corrected chi connectivity index (χ3v) is 3.50. The quantitative estimate of drug-likeness (QED) is 0.432. The molecule has 0 saturated heterocycles. The second-order valence-electron chi connectivity index (χ2n) is 4.91. The Morgan fingerprint density at radius 3 is 2.20 bits per heavy atom. The minimum atomic E-state index is -0.906. The lowest BCUT2D eigenvalue weighted by Gasteiger charge is -2.15. The van der Waals surface area contributed by atoms with Crippen LogP contribution in [0.15, 0.2) is 12.2 Å². The van der Waals surface area contributed by atoms with E-state index in [0.29, 0.717) is 12.8 Å². The van der Waals surface area contributed by atoms with Crippen LogP contribution in [-0.4, -0.2) is 37.2 Å². The molecule has 6 heteroatoms. The maximum absolute atomic E-state index is 11.5. The Kier molecular flexibility index (Phi) is 6.21. The Morgan fingerprint density at radius 1 is 1.15 bits per heavy atom. The zero-order chi connectivity index (χ0) is 15.1. The highest BCUT2D eigenvalue weighted by molar-refractivity contribution is 5.94. The summed E-state index contributed by atoms with van der Waals surface area (Å²) in [5, 5.41) is 8.73. The normalized spacial score (nSPS) is 20.9. The van der Waals surface area contributed by atoms with Crippen molar-refractivity contribution in [2.75, 3.05) is 14.2 Å². The number of rotatable bonds is 7. The number of carbonyl (C=O) groups is 3. The van der Waals surface area contributed by atoms with Gasteiger partial charge in [0.2, 0.25) is 0 Å². The second kappa shape index (κ2) is 7.67. The van der Waals surface area contributed by atoms with E-state index in [4.69, 9.17) is 5.11 Å². The van der Waals surface area contributed by atoms with Crippen molar-refractivity contribution in [3.63, 3.8) is 0 Å². The van der Waals surface area contributed by atoms with Crippen molar-refractivity contribution in [2.45, 2.75) is 25.7 Å². The molecule has 0 fully saturated rings. The molecule has 0 amide bonds. The summed E-state index contributed by atoms with van der Waals surface area (Å²) in [5.74, 6) is -2.69. The molecule has 1 aliphatic carbocycles. The Labute approximate surface area is 117 Å². The second-order valence-corrected chi connectivity index (χ2v) is 4.91. The Morgan fingerprint density at radius 2 is 1.70 bits per heavy atom. The van der Waals surface area contributed by atoms with Gasteiger partial charge in [-0.05, 0) is 31.1 Å². The number of allylic oxidation sites excluding steroid dienone is 2. The van der Waals surface area contributed by atoms with Crippen LogP contribution >= 0.6 is 0 Å². The first-order chi connectivity index (χ1) is 9.47. The Hall–Kier alpha value is -1.85. The lowest BCUT2D eigenvalue weighted by atomic mass is 9.92. The van der Waals surface area contributed by atoms with E-state index >= 15 is 0 Å². The molecule has 0 aromatic carbocycles. The molecule has 1 aliphatic rings. The van der Waals surface area contributed by atoms with Crippen LogP contribution < -0.4 is 0 Å². The number of ether oxygens (including phenoxy) is 2. The van der Waals surface area contributed by atoms with Gasteiger partial charge in [0.05, 0.1) is 20.6 Å². The Balaban J connectivity index is 2.45. The molecule has 0 unspecified atom stereocenters. The summed E-state index contributed by atoms with van der Waals surface area (Å²) in [6.07, 6.45) is 5.67. The zero-order valence-electron chi connectivity index (χ0n) is 11.7. The van der Waals surface area contributed by atoms with Gasteiger partial charge in [0.1, 0.15) is 0 Å². The molecule has 1 rings (SSSR count). The van der Waals surface area contributed by atoms with Gasteiger partial charge >= 0.3 is 17.9 Å². The van der Waals surface area contributed by atoms with Gasteiger partial charge in [0.25, 0.3) is 0 Å². The first kappa shape index (κ1) is 16.2. The summed E-state index contributed by atoms with van der Waals surface area (Å²) in [4.78, 5) is 33.6. The van der Waals surface area contributed by atoms with Crippen molar-refractivity contribution in [2.24, 2.45) is 17.8 Å². The summed E-state index contributed by atoms with van der Waals surface area (Å²) in [6, 6.07) is 0. The molecule has 0 radical (unpaired) electrons. The number of carboxylic acids is 1. The molecule has 0 bridgehead atoms. The molecule has 2 atom stereocenters. The predicted molar refractivity (Wildman–Crippen MR) is 69.7 cm³/mol. The van der Waals surface area contributed by atoms with Crippen LogP contribution in [0.1, 0.15) is 25.7 Å². The van der Waals surface area contributed by atoms with E-state index in [9.17, 15) is 14.4 Å². The number of carboxylic acid groups (broad SMARTS) is 1. The lowest BCUT2D eigenvalue weighted by molar-refractivity contribution is -0.159. The molecular weight excluding hydrogens is 264 g/mol. The van der Waals surface area contributed by atoms with Crippen LogP contribution in [0.5, 0.6) is 0 Å². The maximum Gasteiger partial charge on any atom is 0.320 e. The van der Waals surface area contributed by atoms with Gasteiger partial charge in [-0.2, -0.15) is 0 Å². The van der Waals surface area contributed by atoms with Crippen LogP contribution in [-0.2, 0) is 23.9 Å². The first-order valence-electron chi connectivity index (χ1n) is 6.53. The van der Waals surface area contributed by atoms with E-state index < -0.39 is 23.8 Å². The number of esters is 2. The largest absolute Gasteiger partial charge is 0.481 e. The van der Waals surface area contributed by atoms with E-state index in [0.717, 1.165) is 6.42 Å². The summed E-state index contributed by atoms with van der Waals surface area (Å²) < 4.78 is 9.18. The fourth-order valence-corrected chi connectivity index (χ4v) is 2.45. The lowest BCUT2D eigenvalue weighted by Crippen LogP contribution is -2.27. The topological polar surface area (TPSA) is 89.9 Å². The molecule has 0 saturated carbocycles. The number of hydrogen-bond acceptors (Lipinski definition) is 5. The number of methoxy groups -OCH3 is 2. The predicted octanol–water partition coefficient (Wildman–Crippen LogP) is 1.40. The van der Waals surface area contributed by atoms with Crippen molar-refractivity contribution in [3.05, 3.63) is 12.2 Å². The third kappa shape index (κ3) is 4.68. The third-order valence-electron chi connectivity index (χ3n) is 3.50. The average Bonchev–Trinajstić information content (AvgIpc) is 2.84. The smallest absolute Gasteiger partial charge is 0.320 e. The Bertz CT molecular complexity index is 384. The van der Waals surface area contributed by atoms with Gasteiger partial charge in [-0.1, -0.05) is 12.2 Å². The van der Waals surface area contributed by atoms with Crippen LogP contribution in [0.3, 0.4) is 0 Å². The summed E-state index contributed by atoms with van der Waals surface area (Å²) in [5.41, 5.74) is 0. The molecule has 0 aromatic rings. The summed E-state index contributed by atoms with van der Waals surface area (Å²) in [6.45, 7) is 0. The van der Waals surface area contributed by atoms with Crippen molar-refractivity contribution in [1.82, 2.24) is 0 Å². The zero-order valence-corrected chi connectivity index (χ0v) is 11.7. The van der Waals surface area contributed by atoms with Gasteiger partial charge < -0.3 is 14.6 Å². The summed E-state index contributed by atoms with van der Waals surface area (Å²) in [7, 11) is 2.47. The minimum Gasteiger partial charge on any atom is -0.481 e. The standard InChI is InChI=1S/C14H20O6/c1-19-13(17)11(14(18)20-2)6-5-9-3-4-10(7-9)8-12(15)16/h3-4,9-11H,5-8H2,1-2H3,(H,15,16)/t9-,10+/m0/s1. The highest BCUT2D eigenvalue weighted by Gasteiger charge is 2.30. The van der Waals surface area contributed by atoms with Gasteiger partial charge in [-0.25, -0.2) is 0 Å². The number of carbonyl (C=O) groups excluding carboxylic acids is 2. The molecule has 20 heavy (non-hydrogen) atoms. The van der Waals surface area contributed by atoms with Crippen LogP contribution in [0.25, 0.3) is 0 Å². The van der Waals surface area contributed by atoms with E-state index in [2.05, 4.69) is 9.47 Å². The van der Waals surface area contributed by atoms with Crippen LogP contribution in [0.2, 0.25) is 0 Å². The molecular formula is C14H20O6. The monoisotopic (exact) mass is 284 g/mol. The molecule has 0 heterocycles. The van der Waals surface area contributed by atoms with Crippen LogP contribution in [0.4, 0.5) is 0 Å². The fraction of sp³-hybridized carbons (Fsp3) is 0.643. The van der Waals surface area contributed by atoms with Gasteiger partial charge in [0, 0.05) is 0 Å². The maximum atomic E-state index is 11.5. The van der Waals surface area contributed by atoms with E-state index in [1.54, 1.807) is 0 Å². The van der Waals surface area contributed by atoms with Crippen molar-refractivity contribution < 1.29 is 29.0 Å². The van der Waals surface area contributed by atoms with Crippen molar-refractivity contribution in [3.8, 4) is 0 Å². The van der Waals surface area contributed by atoms with Crippen molar-refractivity contribution in [1.29, 1.82) is 0 Å². The molecule has 6 nitrogen and oxygen atoms in total. The highest BCUT2D eigenvalue weighted by atomic mass is 16.5. The number of aliphatic carboxylic acids is 1. The minimum absolute atomic E-state index is 0.0344. The van der Waals surface area contributed by atoms with E-state index in [1.165, 1.54) is 14.2 Å². The molecule has 112 valence electrons. The van der Waals surface area contributed by atoms with Gasteiger partial charge in [0.15, 0.2) is 5.92 Å². The SMILES string of the molecule is COC(=O)C(CC[C@@H]1C=C[C@@H](CC(=O)O)C1)C(=O)OC. The molecule has 0 spiro atoms.